The van der Waals surface area contributed by atoms with Crippen LogP contribution >= 0.6 is 7.51 Å². The van der Waals surface area contributed by atoms with Gasteiger partial charge in [-0.3, -0.25) is 0 Å². The molecule has 0 aliphatic carbocycles. The Bertz CT molecular complexity index is 46.8. The van der Waals surface area contributed by atoms with E-state index in [9.17, 15) is 0 Å². The summed E-state index contributed by atoms with van der Waals surface area (Å²) in [6.07, 6.45) is 1.79. The van der Waals surface area contributed by atoms with Gasteiger partial charge in [0.2, 0.25) is 7.51 Å². The van der Waals surface area contributed by atoms with Crippen LogP contribution in [0.15, 0.2) is 12.7 Å². The molecule has 0 bridgehead atoms. The van der Waals surface area contributed by atoms with Gasteiger partial charge in [-0.05, 0) is 0 Å². The van der Waals surface area contributed by atoms with Crippen molar-refractivity contribution in [3.63, 3.8) is 0 Å². The Morgan fingerprint density at radius 1 is 2.00 bits per heavy atom. The lowest BCUT2D eigenvalue weighted by Gasteiger charge is -1.71. The predicted molar refractivity (Wildman–Crippen MR) is 33.9 cm³/mol. The molecule has 0 aliphatic heterocycles. The van der Waals surface area contributed by atoms with Gasteiger partial charge < -0.3 is 0 Å². The summed E-state index contributed by atoms with van der Waals surface area (Å²) in [7, 11) is 0.427. The molecule has 0 heterocycles. The van der Waals surface area contributed by atoms with Crippen molar-refractivity contribution < 1.29 is 0 Å². The van der Waals surface area contributed by atoms with Crippen molar-refractivity contribution in [2.45, 2.75) is 0 Å². The van der Waals surface area contributed by atoms with E-state index < -0.39 is 0 Å². The van der Waals surface area contributed by atoms with Crippen molar-refractivity contribution >= 4 is 19.3 Å². The van der Waals surface area contributed by atoms with Crippen LogP contribution in [0.4, 0.5) is 0 Å². The van der Waals surface area contributed by atoms with Gasteiger partial charge in [0, 0.05) is 0 Å². The van der Waals surface area contributed by atoms with E-state index in [2.05, 4.69) is 23.5 Å². The van der Waals surface area contributed by atoms with E-state index >= 15 is 0 Å². The standard InChI is InChI=1S/C3H6NPS/c1-2-3-4-5-6/h2H,1,3H2,(H,4,6)/p+1. The highest BCUT2D eigenvalue weighted by atomic mass is 32.4. The first-order valence-corrected chi connectivity index (χ1v) is 3.76. The van der Waals surface area contributed by atoms with Gasteiger partial charge in [-0.25, -0.2) is 0 Å². The van der Waals surface area contributed by atoms with Gasteiger partial charge in [-0.1, -0.05) is 6.08 Å². The van der Waals surface area contributed by atoms with E-state index in [-0.39, 0.29) is 0 Å². The normalized spacial score (nSPS) is 8.67. The first-order valence-electron chi connectivity index (χ1n) is 1.62. The van der Waals surface area contributed by atoms with E-state index in [1.807, 2.05) is 0 Å². The summed E-state index contributed by atoms with van der Waals surface area (Å²) in [5, 5.41) is 2.92. The van der Waals surface area contributed by atoms with Gasteiger partial charge in [-0.15, -0.1) is 11.7 Å². The quantitative estimate of drug-likeness (QED) is 0.336. The lowest BCUT2D eigenvalue weighted by molar-refractivity contribution is 1.13. The van der Waals surface area contributed by atoms with Crippen LogP contribution in [0.2, 0.25) is 0 Å². The molecule has 0 aromatic heterocycles. The lowest BCUT2D eigenvalue weighted by Crippen LogP contribution is -1.94. The molecule has 1 nitrogen and oxygen atoms in total. The Morgan fingerprint density at radius 3 is 2.83 bits per heavy atom. The number of rotatable bonds is 3. The van der Waals surface area contributed by atoms with Gasteiger partial charge in [0.1, 0.15) is 0 Å². The average Bonchev–Trinajstić information content (AvgIpc) is 1.61. The first-order chi connectivity index (χ1) is 2.91. The van der Waals surface area contributed by atoms with Gasteiger partial charge in [0.15, 0.2) is 11.8 Å². The minimum Gasteiger partial charge on any atom is -0.132 e. The molecule has 0 rings (SSSR count). The fraction of sp³-hybridized carbons (Fsp3) is 0.333. The highest BCUT2D eigenvalue weighted by Crippen LogP contribution is 1.76. The SMILES string of the molecule is C=CCN[PH+]=S. The van der Waals surface area contributed by atoms with E-state index in [1.54, 1.807) is 6.08 Å². The van der Waals surface area contributed by atoms with Gasteiger partial charge in [-0.2, -0.15) is 0 Å². The van der Waals surface area contributed by atoms with Crippen LogP contribution in [-0.4, -0.2) is 6.54 Å². The molecular weight excluding hydrogens is 113 g/mol. The lowest BCUT2D eigenvalue weighted by atomic mass is 10.7. The van der Waals surface area contributed by atoms with Crippen LogP contribution in [0.5, 0.6) is 0 Å². The van der Waals surface area contributed by atoms with Crippen LogP contribution in [0.25, 0.3) is 0 Å². The Hall–Kier alpha value is 0.220. The largest absolute Gasteiger partial charge is 0.249 e. The number of hydrogen-bond acceptors (Lipinski definition) is 1. The van der Waals surface area contributed by atoms with Crippen molar-refractivity contribution in [3.05, 3.63) is 12.7 Å². The van der Waals surface area contributed by atoms with E-state index in [0.29, 0.717) is 7.51 Å². The number of hydrogen-bond donors (Lipinski definition) is 1. The Balaban J connectivity index is 2.66. The zero-order valence-corrected chi connectivity index (χ0v) is 5.22. The molecule has 3 heteroatoms. The minimum absolute atomic E-state index is 0.427. The highest BCUT2D eigenvalue weighted by molar-refractivity contribution is 7.95. The van der Waals surface area contributed by atoms with Crippen LogP contribution in [0.1, 0.15) is 0 Å². The number of nitrogens with one attached hydrogen (secondary N) is 1. The van der Waals surface area contributed by atoms with Crippen LogP contribution in [-0.2, 0) is 11.8 Å². The molecule has 0 aromatic rings. The van der Waals surface area contributed by atoms with Gasteiger partial charge >= 0.3 is 0 Å². The molecule has 0 amide bonds. The van der Waals surface area contributed by atoms with Gasteiger partial charge in [0.05, 0.1) is 6.54 Å². The Labute approximate surface area is 44.3 Å². The molecular formula is C3H7NPS+. The summed E-state index contributed by atoms with van der Waals surface area (Å²) in [5.74, 6) is 0. The molecule has 1 N–H and O–H groups in total. The molecule has 6 heavy (non-hydrogen) atoms. The maximum atomic E-state index is 4.59. The summed E-state index contributed by atoms with van der Waals surface area (Å²) in [6.45, 7) is 4.33. The topological polar surface area (TPSA) is 12.0 Å². The fourth-order valence-electron chi connectivity index (χ4n) is 0.114. The van der Waals surface area contributed by atoms with E-state index in [0.717, 1.165) is 6.54 Å². The fourth-order valence-corrected chi connectivity index (χ4v) is 0.592. The molecule has 0 saturated heterocycles. The smallest absolute Gasteiger partial charge is 0.132 e. The Kier molecular flexibility index (Phi) is 5.41. The molecule has 1 unspecified atom stereocenters. The monoisotopic (exact) mass is 120 g/mol. The second-order valence-corrected chi connectivity index (χ2v) is 1.94. The summed E-state index contributed by atoms with van der Waals surface area (Å²) in [6, 6.07) is 0. The van der Waals surface area contributed by atoms with Crippen LogP contribution in [0, 0.1) is 0 Å². The highest BCUT2D eigenvalue weighted by Gasteiger charge is 1.73. The van der Waals surface area contributed by atoms with E-state index in [1.165, 1.54) is 0 Å². The molecule has 0 aliphatic rings. The van der Waals surface area contributed by atoms with Gasteiger partial charge in [0.25, 0.3) is 0 Å². The third-order valence-electron chi connectivity index (χ3n) is 0.319. The molecule has 0 saturated carbocycles. The minimum atomic E-state index is 0.427. The van der Waals surface area contributed by atoms with Crippen LogP contribution < -0.4 is 5.09 Å². The first kappa shape index (κ1) is 6.22. The van der Waals surface area contributed by atoms with Crippen LogP contribution in [0.3, 0.4) is 0 Å². The predicted octanol–water partition coefficient (Wildman–Crippen LogP) is 0.817. The molecule has 0 spiro atoms. The molecule has 0 radical (unpaired) electrons. The van der Waals surface area contributed by atoms with Crippen molar-refractivity contribution in [1.29, 1.82) is 0 Å². The second-order valence-electron chi connectivity index (χ2n) is 0.772. The third kappa shape index (κ3) is 4.22. The molecule has 0 aromatic carbocycles. The summed E-state index contributed by atoms with van der Waals surface area (Å²) in [4.78, 5) is 0. The zero-order chi connectivity index (χ0) is 4.83. The third-order valence-corrected chi connectivity index (χ3v) is 1.10. The second kappa shape index (κ2) is 5.22. The van der Waals surface area contributed by atoms with Crippen molar-refractivity contribution in [1.82, 2.24) is 5.09 Å². The molecule has 34 valence electrons. The average molecular weight is 120 g/mol. The molecule has 0 fully saturated rings. The maximum absolute atomic E-state index is 4.59. The molecule has 1 atom stereocenters. The summed E-state index contributed by atoms with van der Waals surface area (Å²) in [5.41, 5.74) is 0. The van der Waals surface area contributed by atoms with Crippen molar-refractivity contribution in [2.24, 2.45) is 0 Å². The summed E-state index contributed by atoms with van der Waals surface area (Å²) >= 11 is 4.59. The van der Waals surface area contributed by atoms with Crippen molar-refractivity contribution in [2.75, 3.05) is 6.54 Å². The van der Waals surface area contributed by atoms with Crippen molar-refractivity contribution in [3.8, 4) is 0 Å². The maximum Gasteiger partial charge on any atom is 0.249 e. The van der Waals surface area contributed by atoms with E-state index in [4.69, 9.17) is 0 Å². The Morgan fingerprint density at radius 2 is 2.67 bits per heavy atom. The zero-order valence-electron chi connectivity index (χ0n) is 3.40. The summed E-state index contributed by atoms with van der Waals surface area (Å²) < 4.78 is 0.